The van der Waals surface area contributed by atoms with Crippen LogP contribution in [0.4, 0.5) is 4.39 Å². The van der Waals surface area contributed by atoms with Gasteiger partial charge in [0.1, 0.15) is 0 Å². The van der Waals surface area contributed by atoms with Crippen molar-refractivity contribution in [3.05, 3.63) is 29.6 Å². The van der Waals surface area contributed by atoms with Crippen LogP contribution in [-0.2, 0) is 11.3 Å². The fraction of sp³-hybridized carbons (Fsp3) is 0.625. The molecule has 21 heavy (non-hydrogen) atoms. The monoisotopic (exact) mass is 294 g/mol. The Morgan fingerprint density at radius 2 is 2.29 bits per heavy atom. The molecule has 1 saturated carbocycles. The van der Waals surface area contributed by atoms with Crippen LogP contribution >= 0.6 is 0 Å². The van der Waals surface area contributed by atoms with E-state index in [4.69, 9.17) is 9.47 Å². The first-order valence-electron chi connectivity index (χ1n) is 7.64. The molecule has 2 fully saturated rings. The lowest BCUT2D eigenvalue weighted by Gasteiger charge is -2.35. The summed E-state index contributed by atoms with van der Waals surface area (Å²) < 4.78 is 24.3. The molecule has 1 atom stereocenters. The Morgan fingerprint density at radius 1 is 1.43 bits per heavy atom. The van der Waals surface area contributed by atoms with Crippen LogP contribution in [-0.4, -0.2) is 50.4 Å². The summed E-state index contributed by atoms with van der Waals surface area (Å²) in [6.07, 6.45) is 2.58. The molecule has 0 amide bonds. The maximum atomic E-state index is 13.8. The van der Waals surface area contributed by atoms with Gasteiger partial charge in [0, 0.05) is 31.7 Å². The van der Waals surface area contributed by atoms with Gasteiger partial charge in [0.15, 0.2) is 11.6 Å². The van der Waals surface area contributed by atoms with Crippen LogP contribution in [0.3, 0.4) is 0 Å². The number of nitrogens with zero attached hydrogens (tertiary/aromatic N) is 1. The number of nitrogens with one attached hydrogen (secondary N) is 1. The van der Waals surface area contributed by atoms with Crippen molar-refractivity contribution >= 4 is 0 Å². The number of ether oxygens (including phenoxy) is 2. The van der Waals surface area contributed by atoms with E-state index < -0.39 is 0 Å². The first-order chi connectivity index (χ1) is 10.3. The standard InChI is InChI=1S/C16H23FN2O2/c1-20-16-5-2-12(8-15(16)17)10-19-6-7-21-11-14(19)9-18-13-3-4-13/h2,5,8,13-14,18H,3-4,6-7,9-11H2,1H3. The van der Waals surface area contributed by atoms with Gasteiger partial charge in [-0.25, -0.2) is 4.39 Å². The van der Waals surface area contributed by atoms with Gasteiger partial charge in [-0.1, -0.05) is 6.07 Å². The van der Waals surface area contributed by atoms with E-state index >= 15 is 0 Å². The Labute approximate surface area is 125 Å². The van der Waals surface area contributed by atoms with Crippen molar-refractivity contribution in [2.75, 3.05) is 33.4 Å². The Bertz CT molecular complexity index is 479. The van der Waals surface area contributed by atoms with Crippen molar-refractivity contribution in [2.24, 2.45) is 0 Å². The average molecular weight is 294 g/mol. The molecule has 1 aromatic rings. The molecule has 0 bridgehead atoms. The van der Waals surface area contributed by atoms with Gasteiger partial charge in [0.05, 0.1) is 20.3 Å². The van der Waals surface area contributed by atoms with E-state index in [1.807, 2.05) is 6.07 Å². The molecule has 116 valence electrons. The van der Waals surface area contributed by atoms with Crippen LogP contribution in [0.1, 0.15) is 18.4 Å². The smallest absolute Gasteiger partial charge is 0.165 e. The first-order valence-corrected chi connectivity index (χ1v) is 7.64. The first kappa shape index (κ1) is 14.8. The van der Waals surface area contributed by atoms with E-state index in [-0.39, 0.29) is 5.82 Å². The largest absolute Gasteiger partial charge is 0.494 e. The molecule has 1 unspecified atom stereocenters. The number of hydrogen-bond donors (Lipinski definition) is 1. The van der Waals surface area contributed by atoms with Crippen molar-refractivity contribution in [2.45, 2.75) is 31.5 Å². The third-order valence-corrected chi connectivity index (χ3v) is 4.17. The Morgan fingerprint density at radius 3 is 3.00 bits per heavy atom. The number of benzene rings is 1. The van der Waals surface area contributed by atoms with Crippen LogP contribution in [0, 0.1) is 5.82 Å². The number of hydrogen-bond acceptors (Lipinski definition) is 4. The molecule has 1 aliphatic carbocycles. The minimum Gasteiger partial charge on any atom is -0.494 e. The summed E-state index contributed by atoms with van der Waals surface area (Å²) in [4.78, 5) is 2.38. The quantitative estimate of drug-likeness (QED) is 0.867. The van der Waals surface area contributed by atoms with Crippen molar-refractivity contribution in [1.82, 2.24) is 10.2 Å². The normalized spacial score (nSPS) is 23.2. The van der Waals surface area contributed by atoms with Crippen molar-refractivity contribution in [1.29, 1.82) is 0 Å². The summed E-state index contributed by atoms with van der Waals surface area (Å²) in [6, 6.07) is 6.27. The molecule has 1 N–H and O–H groups in total. The van der Waals surface area contributed by atoms with Crippen molar-refractivity contribution < 1.29 is 13.9 Å². The second-order valence-corrected chi connectivity index (χ2v) is 5.85. The summed E-state index contributed by atoms with van der Waals surface area (Å²) in [7, 11) is 1.49. The highest BCUT2D eigenvalue weighted by atomic mass is 19.1. The van der Waals surface area contributed by atoms with Gasteiger partial charge in [-0.3, -0.25) is 4.90 Å². The lowest BCUT2D eigenvalue weighted by Crippen LogP contribution is -2.50. The zero-order chi connectivity index (χ0) is 14.7. The number of morpholine rings is 1. The molecule has 1 aromatic carbocycles. The molecule has 0 spiro atoms. The van der Waals surface area contributed by atoms with Gasteiger partial charge >= 0.3 is 0 Å². The van der Waals surface area contributed by atoms with Gasteiger partial charge < -0.3 is 14.8 Å². The van der Waals surface area contributed by atoms with E-state index in [0.29, 0.717) is 17.8 Å². The zero-order valence-corrected chi connectivity index (χ0v) is 12.5. The van der Waals surface area contributed by atoms with Crippen LogP contribution in [0.5, 0.6) is 5.75 Å². The lowest BCUT2D eigenvalue weighted by molar-refractivity contribution is -0.0110. The second kappa shape index (κ2) is 6.73. The molecule has 5 heteroatoms. The lowest BCUT2D eigenvalue weighted by atomic mass is 10.1. The summed E-state index contributed by atoms with van der Waals surface area (Å²) in [5.41, 5.74) is 0.978. The maximum Gasteiger partial charge on any atom is 0.165 e. The summed E-state index contributed by atoms with van der Waals surface area (Å²) in [5.74, 6) is 0.00333. The van der Waals surface area contributed by atoms with E-state index in [1.54, 1.807) is 12.1 Å². The van der Waals surface area contributed by atoms with Crippen LogP contribution < -0.4 is 10.1 Å². The van der Waals surface area contributed by atoms with E-state index in [1.165, 1.54) is 20.0 Å². The fourth-order valence-corrected chi connectivity index (χ4v) is 2.72. The number of halogens is 1. The molecule has 1 aliphatic heterocycles. The van der Waals surface area contributed by atoms with Gasteiger partial charge in [-0.15, -0.1) is 0 Å². The van der Waals surface area contributed by atoms with E-state index in [2.05, 4.69) is 10.2 Å². The summed E-state index contributed by atoms with van der Waals surface area (Å²) >= 11 is 0. The summed E-state index contributed by atoms with van der Waals surface area (Å²) in [6.45, 7) is 4.09. The minimum atomic E-state index is -0.295. The Kier molecular flexibility index (Phi) is 4.73. The molecular weight excluding hydrogens is 271 g/mol. The third-order valence-electron chi connectivity index (χ3n) is 4.17. The second-order valence-electron chi connectivity index (χ2n) is 5.85. The number of methoxy groups -OCH3 is 1. The maximum absolute atomic E-state index is 13.8. The topological polar surface area (TPSA) is 33.7 Å². The summed E-state index contributed by atoms with van der Waals surface area (Å²) in [5, 5.41) is 3.56. The molecule has 2 aliphatic rings. The molecule has 1 heterocycles. The van der Waals surface area contributed by atoms with E-state index in [9.17, 15) is 4.39 Å². The van der Waals surface area contributed by atoms with Gasteiger partial charge in [0.25, 0.3) is 0 Å². The molecule has 3 rings (SSSR count). The van der Waals surface area contributed by atoms with Gasteiger partial charge in [-0.05, 0) is 30.5 Å². The Hall–Kier alpha value is -1.17. The van der Waals surface area contributed by atoms with Gasteiger partial charge in [0.2, 0.25) is 0 Å². The van der Waals surface area contributed by atoms with Crippen LogP contribution in [0.15, 0.2) is 18.2 Å². The molecule has 4 nitrogen and oxygen atoms in total. The minimum absolute atomic E-state index is 0.295. The predicted molar refractivity (Wildman–Crippen MR) is 79.0 cm³/mol. The SMILES string of the molecule is COc1ccc(CN2CCOCC2CNC2CC2)cc1F. The van der Waals surface area contributed by atoms with E-state index in [0.717, 1.165) is 38.4 Å². The fourth-order valence-electron chi connectivity index (χ4n) is 2.72. The highest BCUT2D eigenvalue weighted by molar-refractivity contribution is 5.29. The van der Waals surface area contributed by atoms with Crippen molar-refractivity contribution in [3.63, 3.8) is 0 Å². The highest BCUT2D eigenvalue weighted by Gasteiger charge is 2.27. The molecule has 0 radical (unpaired) electrons. The third kappa shape index (κ3) is 3.93. The highest BCUT2D eigenvalue weighted by Crippen LogP contribution is 2.21. The van der Waals surface area contributed by atoms with Crippen LogP contribution in [0.2, 0.25) is 0 Å². The van der Waals surface area contributed by atoms with Crippen LogP contribution in [0.25, 0.3) is 0 Å². The average Bonchev–Trinajstić information content (AvgIpc) is 3.31. The molecule has 1 saturated heterocycles. The molecular formula is C16H23FN2O2. The molecule has 0 aromatic heterocycles. The van der Waals surface area contributed by atoms with Gasteiger partial charge in [-0.2, -0.15) is 0 Å². The Balaban J connectivity index is 1.61. The predicted octanol–water partition coefficient (Wildman–Crippen LogP) is 1.79. The number of rotatable bonds is 6. The van der Waals surface area contributed by atoms with Crippen molar-refractivity contribution in [3.8, 4) is 5.75 Å². The zero-order valence-electron chi connectivity index (χ0n) is 12.5.